The van der Waals surface area contributed by atoms with Crippen molar-refractivity contribution in [1.82, 2.24) is 5.32 Å². The lowest BCUT2D eigenvalue weighted by Gasteiger charge is -2.24. The first-order valence-corrected chi connectivity index (χ1v) is 7.28. The van der Waals surface area contributed by atoms with Crippen LogP contribution in [-0.2, 0) is 4.79 Å². The van der Waals surface area contributed by atoms with Gasteiger partial charge in [-0.2, -0.15) is 0 Å². The molecule has 0 heterocycles. The van der Waals surface area contributed by atoms with E-state index in [1.165, 1.54) is 6.07 Å². The van der Waals surface area contributed by atoms with Crippen LogP contribution in [0.3, 0.4) is 0 Å². The van der Waals surface area contributed by atoms with Crippen molar-refractivity contribution in [3.8, 4) is 0 Å². The lowest BCUT2D eigenvalue weighted by Crippen LogP contribution is -2.40. The summed E-state index contributed by atoms with van der Waals surface area (Å²) in [5, 5.41) is 6.79. The molecule has 0 unspecified atom stereocenters. The number of carbonyl (C=O) groups is 1. The number of hydrogen-bond donors (Lipinski definition) is 2. The minimum atomic E-state index is -0.0556. The molecule has 1 aliphatic carbocycles. The second kappa shape index (κ2) is 6.27. The number of hydrogen-bond acceptors (Lipinski definition) is 2. The van der Waals surface area contributed by atoms with Crippen LogP contribution in [0.25, 0.3) is 0 Å². The lowest BCUT2D eigenvalue weighted by molar-refractivity contribution is -0.125. The molecule has 102 valence electrons. The normalized spacial score (nSPS) is 14.7. The molecule has 0 atom stereocenters. The van der Waals surface area contributed by atoms with Gasteiger partial charge in [-0.25, -0.2) is 0 Å². The van der Waals surface area contributed by atoms with Crippen LogP contribution in [-0.4, -0.2) is 11.0 Å². The molecule has 0 bridgehead atoms. The fourth-order valence-electron chi connectivity index (χ4n) is 1.66. The Hall–Kier alpha value is -0.550. The number of carbonyl (C=O) groups excluding carboxylic acids is 1. The highest BCUT2D eigenvalue weighted by Crippen LogP contribution is 2.32. The Kier molecular flexibility index (Phi) is 4.90. The molecular weight excluding hydrogens is 327 g/mol. The third-order valence-electron chi connectivity index (χ3n) is 2.97. The van der Waals surface area contributed by atoms with Gasteiger partial charge in [-0.05, 0) is 37.2 Å². The third kappa shape index (κ3) is 3.72. The largest absolute Gasteiger partial charge is 0.331 e. The van der Waals surface area contributed by atoms with E-state index < -0.39 is 0 Å². The van der Waals surface area contributed by atoms with E-state index in [1.54, 1.807) is 6.07 Å². The van der Waals surface area contributed by atoms with Crippen LogP contribution < -0.4 is 10.6 Å². The van der Waals surface area contributed by atoms with E-state index in [0.29, 0.717) is 20.8 Å². The molecule has 1 amide bonds. The molecule has 3 nitrogen and oxygen atoms in total. The van der Waals surface area contributed by atoms with Crippen LogP contribution in [0.15, 0.2) is 12.1 Å². The molecular formula is C12H11Cl3N2OS. The Bertz CT molecular complexity index is 532. The summed E-state index contributed by atoms with van der Waals surface area (Å²) >= 11 is 22.8. The average Bonchev–Trinajstić information content (AvgIpc) is 2.23. The summed E-state index contributed by atoms with van der Waals surface area (Å²) in [5.41, 5.74) is 0.509. The zero-order valence-corrected chi connectivity index (χ0v) is 12.9. The zero-order chi connectivity index (χ0) is 14.0. The lowest BCUT2D eigenvalue weighted by atomic mass is 9.85. The first-order valence-electron chi connectivity index (χ1n) is 5.74. The summed E-state index contributed by atoms with van der Waals surface area (Å²) in [6.45, 7) is 0. The van der Waals surface area contributed by atoms with Gasteiger partial charge in [0.05, 0.1) is 20.8 Å². The summed E-state index contributed by atoms with van der Waals surface area (Å²) in [4.78, 5) is 11.7. The van der Waals surface area contributed by atoms with Gasteiger partial charge in [0.1, 0.15) is 0 Å². The minimum absolute atomic E-state index is 0.0556. The quantitative estimate of drug-likeness (QED) is 0.626. The summed E-state index contributed by atoms with van der Waals surface area (Å²) in [5.74, 6) is 0.0176. The first kappa shape index (κ1) is 14.9. The number of rotatable bonds is 2. The van der Waals surface area contributed by atoms with Gasteiger partial charge in [-0.15, -0.1) is 0 Å². The van der Waals surface area contributed by atoms with E-state index in [2.05, 4.69) is 10.6 Å². The number of benzene rings is 1. The first-order chi connectivity index (χ1) is 8.97. The summed E-state index contributed by atoms with van der Waals surface area (Å²) < 4.78 is 0. The molecule has 1 saturated carbocycles. The molecule has 7 heteroatoms. The standard InChI is InChI=1S/C12H11Cl3N2OS/c13-7-4-9(15)10(5-8(7)14)16-12(19)17-11(18)6-2-1-3-6/h4-6H,1-3H2,(H2,16,17,18,19). The molecule has 1 aromatic carbocycles. The van der Waals surface area contributed by atoms with Crippen LogP contribution in [0.5, 0.6) is 0 Å². The predicted molar refractivity (Wildman–Crippen MR) is 83.2 cm³/mol. The summed E-state index contributed by atoms with van der Waals surface area (Å²) in [6.07, 6.45) is 2.93. The molecule has 0 aliphatic heterocycles. The topological polar surface area (TPSA) is 41.1 Å². The van der Waals surface area contributed by atoms with Crippen LogP contribution in [0.2, 0.25) is 15.1 Å². The molecule has 0 saturated heterocycles. The highest BCUT2D eigenvalue weighted by atomic mass is 35.5. The number of nitrogens with one attached hydrogen (secondary N) is 2. The van der Waals surface area contributed by atoms with Crippen molar-refractivity contribution >= 4 is 63.7 Å². The van der Waals surface area contributed by atoms with E-state index >= 15 is 0 Å². The minimum Gasteiger partial charge on any atom is -0.331 e. The third-order valence-corrected chi connectivity index (χ3v) is 4.21. The molecule has 0 radical (unpaired) electrons. The maximum atomic E-state index is 11.7. The molecule has 0 aromatic heterocycles. The highest BCUT2D eigenvalue weighted by Gasteiger charge is 2.25. The number of anilines is 1. The monoisotopic (exact) mass is 336 g/mol. The molecule has 2 rings (SSSR count). The fourth-order valence-corrected chi connectivity index (χ4v) is 2.46. The van der Waals surface area contributed by atoms with Gasteiger partial charge in [0.2, 0.25) is 5.91 Å². The Labute approximate surface area is 131 Å². The van der Waals surface area contributed by atoms with Crippen LogP contribution in [0.4, 0.5) is 5.69 Å². The number of halogens is 3. The van der Waals surface area contributed by atoms with Gasteiger partial charge in [-0.1, -0.05) is 41.2 Å². The predicted octanol–water partition coefficient (Wildman–Crippen LogP) is 4.26. The van der Waals surface area contributed by atoms with Gasteiger partial charge >= 0.3 is 0 Å². The van der Waals surface area contributed by atoms with Gasteiger partial charge in [0, 0.05) is 5.92 Å². The molecule has 1 aliphatic rings. The van der Waals surface area contributed by atoms with E-state index in [9.17, 15) is 4.79 Å². The van der Waals surface area contributed by atoms with E-state index in [4.69, 9.17) is 47.0 Å². The van der Waals surface area contributed by atoms with E-state index in [1.807, 2.05) is 0 Å². The molecule has 0 spiro atoms. The highest BCUT2D eigenvalue weighted by molar-refractivity contribution is 7.80. The average molecular weight is 338 g/mol. The fraction of sp³-hybridized carbons (Fsp3) is 0.333. The maximum Gasteiger partial charge on any atom is 0.229 e. The molecule has 19 heavy (non-hydrogen) atoms. The van der Waals surface area contributed by atoms with Crippen molar-refractivity contribution in [3.05, 3.63) is 27.2 Å². The SMILES string of the molecule is O=C(NC(=S)Nc1cc(Cl)c(Cl)cc1Cl)C1CCC1. The Morgan fingerprint density at radius 3 is 2.37 bits per heavy atom. The molecule has 1 fully saturated rings. The van der Waals surface area contributed by atoms with Gasteiger partial charge < -0.3 is 10.6 Å². The van der Waals surface area contributed by atoms with Crippen LogP contribution >= 0.6 is 47.0 Å². The smallest absolute Gasteiger partial charge is 0.229 e. The Balaban J connectivity index is 1.98. The molecule has 2 N–H and O–H groups in total. The van der Waals surface area contributed by atoms with Crippen molar-refractivity contribution in [2.24, 2.45) is 5.92 Å². The summed E-state index contributed by atoms with van der Waals surface area (Å²) in [6, 6.07) is 3.08. The van der Waals surface area contributed by atoms with Crippen molar-refractivity contribution in [3.63, 3.8) is 0 Å². The van der Waals surface area contributed by atoms with Gasteiger partial charge in [-0.3, -0.25) is 4.79 Å². The van der Waals surface area contributed by atoms with E-state index in [-0.39, 0.29) is 16.9 Å². The Morgan fingerprint density at radius 1 is 1.16 bits per heavy atom. The van der Waals surface area contributed by atoms with Crippen molar-refractivity contribution in [2.75, 3.05) is 5.32 Å². The van der Waals surface area contributed by atoms with Crippen molar-refractivity contribution in [1.29, 1.82) is 0 Å². The Morgan fingerprint density at radius 2 is 1.79 bits per heavy atom. The van der Waals surface area contributed by atoms with Crippen molar-refractivity contribution < 1.29 is 4.79 Å². The second-order valence-corrected chi connectivity index (χ2v) is 5.95. The second-order valence-electron chi connectivity index (χ2n) is 4.32. The van der Waals surface area contributed by atoms with E-state index in [0.717, 1.165) is 19.3 Å². The number of amides is 1. The maximum absolute atomic E-state index is 11.7. The zero-order valence-electron chi connectivity index (χ0n) is 9.80. The van der Waals surface area contributed by atoms with Gasteiger partial charge in [0.15, 0.2) is 5.11 Å². The van der Waals surface area contributed by atoms with Crippen molar-refractivity contribution in [2.45, 2.75) is 19.3 Å². The van der Waals surface area contributed by atoms with Crippen LogP contribution in [0.1, 0.15) is 19.3 Å². The number of thiocarbonyl (C=S) groups is 1. The molecule has 1 aromatic rings. The van der Waals surface area contributed by atoms with Crippen LogP contribution in [0, 0.1) is 5.92 Å². The summed E-state index contributed by atoms with van der Waals surface area (Å²) in [7, 11) is 0. The van der Waals surface area contributed by atoms with Gasteiger partial charge in [0.25, 0.3) is 0 Å².